The average molecular weight is 1440 g/mol. The molecule has 2 aromatic rings. The van der Waals surface area contributed by atoms with Gasteiger partial charge in [0.05, 0.1) is 25.2 Å². The van der Waals surface area contributed by atoms with Crippen LogP contribution >= 0.6 is 0 Å². The van der Waals surface area contributed by atoms with Crippen molar-refractivity contribution in [2.75, 3.05) is 99.0 Å². The number of fused-ring (bicyclic) bond motifs is 1. The molecule has 2 heterocycles. The zero-order chi connectivity index (χ0) is 64.0. The summed E-state index contributed by atoms with van der Waals surface area (Å²) in [5.41, 5.74) is 26.1. The molecule has 2 aliphatic heterocycles. The SMILES string of the molecule is C=C(C)C[N-]CC[CH2-].C=C(Cc1ccc(NCC[N-]CC([CH2-])=O)cc1)NCCNC(=C)C(CCCC[N-]C)Cc1ccccc1.C=C(NCC(=O)N1CC(F)(F)CC1C#N)C1=C2C=CC=C(NC)C2N(C)C=C1.C=CCCC(=C)N.C[NH-].NC=O.[CH3-].[Cu].[W+2]. The summed E-state index contributed by atoms with van der Waals surface area (Å²) in [6, 6.07) is 19.7. The summed E-state index contributed by atoms with van der Waals surface area (Å²) in [5, 5.41) is 37.9. The van der Waals surface area contributed by atoms with Crippen LogP contribution in [0.15, 0.2) is 176 Å². The normalized spacial score (nSPS) is 14.5. The fourth-order valence-electron chi connectivity index (χ4n) is 8.49. The molecule has 1 saturated heterocycles. The van der Waals surface area contributed by atoms with E-state index < -0.39 is 30.8 Å². The average Bonchev–Trinajstić information content (AvgIpc) is 1.57. The van der Waals surface area contributed by atoms with Gasteiger partial charge in [-0.3, -0.25) is 9.59 Å². The maximum Gasteiger partial charge on any atom is 2.00 e. The largest absolute Gasteiger partial charge is 2.00 e. The van der Waals surface area contributed by atoms with E-state index in [0.29, 0.717) is 24.7 Å². The number of nitrogens with zero attached hydrogens (tertiary/aromatic N) is 6. The number of halogens is 2. The van der Waals surface area contributed by atoms with Crippen LogP contribution in [0.5, 0.6) is 0 Å². The van der Waals surface area contributed by atoms with E-state index in [2.05, 4.69) is 161 Å². The van der Waals surface area contributed by atoms with Crippen molar-refractivity contribution in [1.29, 1.82) is 5.26 Å². The molecule has 2 amide bonds. The molecule has 0 spiro atoms. The van der Waals surface area contributed by atoms with E-state index in [1.165, 1.54) is 18.2 Å². The number of anilines is 1. The third kappa shape index (κ3) is 39.3. The van der Waals surface area contributed by atoms with E-state index in [4.69, 9.17) is 21.5 Å². The smallest absolute Gasteiger partial charge is 0.680 e. The number of Topliss-reactive ketones (excluding diaryl/α,β-unsaturated/α-hetero) is 1. The van der Waals surface area contributed by atoms with Crippen LogP contribution in [0.4, 0.5) is 14.5 Å². The maximum atomic E-state index is 13.6. The molecule has 17 nitrogen and oxygen atoms in total. The monoisotopic (exact) mass is 1430 g/mol. The van der Waals surface area contributed by atoms with Crippen molar-refractivity contribution in [3.8, 4) is 6.07 Å². The Hall–Kier alpha value is -6.68. The van der Waals surface area contributed by atoms with Crippen molar-refractivity contribution in [3.63, 3.8) is 0 Å². The Balaban J connectivity index is -0.000000606. The second kappa shape index (κ2) is 53.4. The molecule has 5 rings (SSSR count). The first kappa shape index (κ1) is 87.8. The predicted molar refractivity (Wildman–Crippen MR) is 357 cm³/mol. The number of likely N-dealkylation sites (N-methyl/N-ethyl adjacent to an activating group) is 2. The number of rotatable bonds is 33. The van der Waals surface area contributed by atoms with Gasteiger partial charge in [-0.25, -0.2) is 15.2 Å². The summed E-state index contributed by atoms with van der Waals surface area (Å²) in [4.78, 5) is 34.8. The van der Waals surface area contributed by atoms with Crippen LogP contribution in [-0.2, 0) is 65.4 Å². The van der Waals surface area contributed by atoms with Crippen molar-refractivity contribution >= 4 is 23.8 Å². The number of carbonyl (C=O) groups excluding carboxylic acids is 3. The van der Waals surface area contributed by atoms with Crippen molar-refractivity contribution in [2.45, 2.75) is 82.7 Å². The molecule has 1 fully saturated rings. The molecule has 21 heteroatoms. The zero-order valence-electron chi connectivity index (χ0n) is 53.1. The molecule has 1 aliphatic carbocycles. The number of unbranched alkanes of at least 4 members (excludes halogenated alkanes) is 1. The van der Waals surface area contributed by atoms with Crippen LogP contribution in [0.25, 0.3) is 21.7 Å². The van der Waals surface area contributed by atoms with E-state index in [0.717, 1.165) is 134 Å². The van der Waals surface area contributed by atoms with Crippen LogP contribution in [0.1, 0.15) is 63.0 Å². The molecule has 1 radical (unpaired) electrons. The first-order valence-corrected chi connectivity index (χ1v) is 28.4. The van der Waals surface area contributed by atoms with Gasteiger partial charge in [0.15, 0.2) is 0 Å². The molecular formula is C67H101CuF2N14O3W-5. The quantitative estimate of drug-likeness (QED) is 0.0116. The molecule has 10 N–H and O–H groups in total. The van der Waals surface area contributed by atoms with E-state index in [1.54, 1.807) is 6.07 Å². The number of nitriles is 1. The van der Waals surface area contributed by atoms with Gasteiger partial charge in [0.1, 0.15) is 6.04 Å². The topological polar surface area (TPSA) is 260 Å². The number of ketones is 1. The van der Waals surface area contributed by atoms with Crippen LogP contribution in [-0.4, -0.2) is 140 Å². The van der Waals surface area contributed by atoms with E-state index >= 15 is 0 Å². The Bertz CT molecular complexity index is 2520. The fraction of sp³-hybridized carbons (Fsp3) is 0.418. The number of benzene rings is 2. The number of amides is 2. The Labute approximate surface area is 553 Å². The van der Waals surface area contributed by atoms with Crippen molar-refractivity contribution in [2.24, 2.45) is 17.4 Å². The van der Waals surface area contributed by atoms with Gasteiger partial charge in [-0.15, -0.1) is 44.9 Å². The van der Waals surface area contributed by atoms with E-state index in [9.17, 15) is 18.4 Å². The van der Waals surface area contributed by atoms with Gasteiger partial charge in [-0.05, 0) is 85.9 Å². The zero-order valence-corrected chi connectivity index (χ0v) is 57.0. The van der Waals surface area contributed by atoms with Gasteiger partial charge in [0.25, 0.3) is 5.92 Å². The molecule has 3 unspecified atom stereocenters. The summed E-state index contributed by atoms with van der Waals surface area (Å²) < 4.78 is 27.1. The van der Waals surface area contributed by atoms with E-state index in [1.807, 2.05) is 64.6 Å². The number of nitrogens with one attached hydrogen (secondary N) is 6. The molecule has 493 valence electrons. The molecule has 3 aliphatic rings. The van der Waals surface area contributed by atoms with Crippen molar-refractivity contribution < 1.29 is 61.3 Å². The molecule has 0 aromatic heterocycles. The van der Waals surface area contributed by atoms with Gasteiger partial charge in [-0.2, -0.15) is 25.9 Å². The number of alkyl halides is 2. The van der Waals surface area contributed by atoms with Crippen LogP contribution in [0, 0.1) is 38.5 Å². The van der Waals surface area contributed by atoms with Gasteiger partial charge in [-0.1, -0.05) is 99.9 Å². The molecular weight excluding hydrogens is 1330 g/mol. The Morgan fingerprint density at radius 1 is 0.955 bits per heavy atom. The van der Waals surface area contributed by atoms with Crippen LogP contribution in [0.2, 0.25) is 0 Å². The molecule has 2 aromatic carbocycles. The molecule has 3 atom stereocenters. The van der Waals surface area contributed by atoms with Gasteiger partial charge >= 0.3 is 21.1 Å². The van der Waals surface area contributed by atoms with Crippen molar-refractivity contribution in [3.05, 3.63) is 230 Å². The van der Waals surface area contributed by atoms with Crippen LogP contribution in [0.3, 0.4) is 0 Å². The minimum absolute atomic E-state index is 0. The third-order valence-electron chi connectivity index (χ3n) is 12.6. The molecule has 0 saturated carbocycles. The van der Waals surface area contributed by atoms with Gasteiger partial charge < -0.3 is 95.6 Å². The standard InChI is InChI=1S/C31H44N5O.C20H23F2N5O.C7H13N.C6H11N.CH3NO.CH4N.CH3.Cu.W/c1-25(22-29-13-15-31(16-14-29)36-19-18-33-24-26(2)37)34-20-21-35-27(3)30(12-8-9-17-32-4)23-28-10-6-5-7-11-28;1-13(25-11-18(28)27-12-20(21,22)9-14(27)10-23)15-7-8-26(3)19-16(15)5-4-6-17(19)24-2;1-4-5-8-6-7(2)3;1-3-4-5-6(2)7;2-1-3;1-2;;;/h5-7,10-11,13-16,30,34-36H,1-3,8-9,12,17-24H2,4H3;4-8,14,19,24-25H,1,9,11-12H2,2-3H3;1-2,4-6H2,3H3;3H,1-2,4-5,7H2;1H,(H2,2,3);2H,1H3;1H3;;/q-3;;-2;;;2*-1;;+2. The third-order valence-corrected chi connectivity index (χ3v) is 12.6. The fourth-order valence-corrected chi connectivity index (χ4v) is 8.49. The van der Waals surface area contributed by atoms with Crippen LogP contribution < -0.4 is 38.1 Å². The van der Waals surface area contributed by atoms with Gasteiger partial charge in [0, 0.05) is 109 Å². The first-order valence-electron chi connectivity index (χ1n) is 28.4. The van der Waals surface area contributed by atoms with Gasteiger partial charge in [0.2, 0.25) is 12.3 Å². The number of primary amides is 1. The number of carbonyl (C=O) groups is 3. The second-order valence-electron chi connectivity index (χ2n) is 19.9. The molecule has 88 heavy (non-hydrogen) atoms. The summed E-state index contributed by atoms with van der Waals surface area (Å²) in [5.74, 6) is -3.31. The summed E-state index contributed by atoms with van der Waals surface area (Å²) >= 11 is 0. The second-order valence-corrected chi connectivity index (χ2v) is 19.9. The summed E-state index contributed by atoms with van der Waals surface area (Å²) in [7, 11) is 6.96. The summed E-state index contributed by atoms with van der Waals surface area (Å²) in [6.45, 7) is 37.0. The van der Waals surface area contributed by atoms with E-state index in [-0.39, 0.29) is 76.9 Å². The minimum Gasteiger partial charge on any atom is -0.680 e. The number of allylic oxidation sites excluding steroid dienone is 7. The Morgan fingerprint density at radius 2 is 1.59 bits per heavy atom. The number of nitrogens with two attached hydrogens (primary N) is 2. The number of likely N-dealkylation sites (tertiary alicyclic amines) is 1. The maximum absolute atomic E-state index is 13.6. The summed E-state index contributed by atoms with van der Waals surface area (Å²) in [6.07, 6.45) is 19.1. The number of hydrogen-bond acceptors (Lipinski definition) is 11. The Morgan fingerprint density at radius 3 is 2.15 bits per heavy atom. The molecule has 0 bridgehead atoms. The Kier molecular flexibility index (Phi) is 53.2. The number of hydrogen-bond donors (Lipinski definition) is 7. The first-order chi connectivity index (χ1) is 40.7. The van der Waals surface area contributed by atoms with Crippen molar-refractivity contribution in [1.82, 2.24) is 31.1 Å². The minimum atomic E-state index is -3.02. The predicted octanol–water partition coefficient (Wildman–Crippen LogP) is 11.1.